The van der Waals surface area contributed by atoms with Gasteiger partial charge < -0.3 is 10.6 Å². The van der Waals surface area contributed by atoms with Gasteiger partial charge in [-0.2, -0.15) is 0 Å². The largest absolute Gasteiger partial charge is 0.353 e. The minimum atomic E-state index is -0.807. The molecule has 8 nitrogen and oxygen atoms in total. The molecule has 3 aliphatic rings. The molecule has 198 valence electrons. The SMILES string of the molecule is CC(C)c1ccc(NC(=O)CSC2=Nc3ccccc3C3=N[C@H](CC(=O)NC4CCCCC4)C(=O)N23)cc1. The first-order chi connectivity index (χ1) is 18.4. The van der Waals surface area contributed by atoms with Crippen molar-refractivity contribution in [1.82, 2.24) is 10.2 Å². The fourth-order valence-corrected chi connectivity index (χ4v) is 5.82. The number of fused-ring (bicyclic) bond motifs is 3. The first-order valence-electron chi connectivity index (χ1n) is 13.3. The van der Waals surface area contributed by atoms with Crippen molar-refractivity contribution in [1.29, 1.82) is 0 Å². The summed E-state index contributed by atoms with van der Waals surface area (Å²) in [5.74, 6) is 0.353. The van der Waals surface area contributed by atoms with Crippen LogP contribution in [0.25, 0.3) is 0 Å². The summed E-state index contributed by atoms with van der Waals surface area (Å²) in [7, 11) is 0. The molecule has 2 aliphatic heterocycles. The van der Waals surface area contributed by atoms with Gasteiger partial charge in [0.25, 0.3) is 5.91 Å². The van der Waals surface area contributed by atoms with Crippen LogP contribution in [0.2, 0.25) is 0 Å². The molecule has 3 amide bonds. The predicted octanol–water partition coefficient (Wildman–Crippen LogP) is 4.98. The smallest absolute Gasteiger partial charge is 0.259 e. The van der Waals surface area contributed by atoms with Crippen LogP contribution in [0.3, 0.4) is 0 Å². The number of thioether (sulfide) groups is 1. The van der Waals surface area contributed by atoms with Gasteiger partial charge in [-0.15, -0.1) is 0 Å². The summed E-state index contributed by atoms with van der Waals surface area (Å²) in [5.41, 5.74) is 3.36. The summed E-state index contributed by atoms with van der Waals surface area (Å²) in [6.07, 6.45) is 5.41. The van der Waals surface area contributed by atoms with E-state index in [0.29, 0.717) is 22.6 Å². The number of para-hydroxylation sites is 1. The average molecular weight is 532 g/mol. The van der Waals surface area contributed by atoms with E-state index in [1.165, 1.54) is 28.6 Å². The molecule has 9 heteroatoms. The highest BCUT2D eigenvalue weighted by atomic mass is 32.2. The van der Waals surface area contributed by atoms with E-state index in [2.05, 4.69) is 34.5 Å². The van der Waals surface area contributed by atoms with Crippen LogP contribution in [0.1, 0.15) is 69.4 Å². The monoisotopic (exact) mass is 531 g/mol. The Kier molecular flexibility index (Phi) is 7.93. The van der Waals surface area contributed by atoms with Gasteiger partial charge in [0, 0.05) is 17.3 Å². The van der Waals surface area contributed by atoms with E-state index in [0.717, 1.165) is 36.9 Å². The minimum absolute atomic E-state index is 0.00229. The number of nitrogens with zero attached hydrogens (tertiary/aromatic N) is 3. The molecule has 1 saturated carbocycles. The molecule has 0 unspecified atom stereocenters. The van der Waals surface area contributed by atoms with Crippen molar-refractivity contribution >= 4 is 51.9 Å². The van der Waals surface area contributed by atoms with E-state index in [9.17, 15) is 14.4 Å². The van der Waals surface area contributed by atoms with Gasteiger partial charge in [0.2, 0.25) is 11.8 Å². The number of hydrogen-bond donors (Lipinski definition) is 2. The lowest BCUT2D eigenvalue weighted by Crippen LogP contribution is -2.43. The molecular formula is C29H33N5O3S. The lowest BCUT2D eigenvalue weighted by molar-refractivity contribution is -0.129. The standard InChI is InChI=1S/C29H33N5O3S/c1-18(2)19-12-14-21(15-13-19)31-26(36)17-38-29-33-23-11-7-6-10-22(23)27-32-24(28(37)34(27)29)16-25(35)30-20-8-4-3-5-9-20/h6-7,10-15,18,20,24H,3-5,8-9,16-17H2,1-2H3,(H,30,35)(H,31,36)/t24-/m1/s1. The summed E-state index contributed by atoms with van der Waals surface area (Å²) >= 11 is 1.19. The van der Waals surface area contributed by atoms with Gasteiger partial charge in [0.1, 0.15) is 11.9 Å². The second kappa shape index (κ2) is 11.5. The Morgan fingerprint density at radius 2 is 1.76 bits per heavy atom. The number of carbonyl (C=O) groups excluding carboxylic acids is 3. The quantitative estimate of drug-likeness (QED) is 0.526. The van der Waals surface area contributed by atoms with Gasteiger partial charge >= 0.3 is 0 Å². The molecule has 0 radical (unpaired) electrons. The average Bonchev–Trinajstić information content (AvgIpc) is 3.24. The molecule has 1 aliphatic carbocycles. The van der Waals surface area contributed by atoms with Crippen LogP contribution in [0, 0.1) is 0 Å². The van der Waals surface area contributed by atoms with Gasteiger partial charge in [-0.25, -0.2) is 9.89 Å². The van der Waals surface area contributed by atoms with E-state index in [1.807, 2.05) is 48.5 Å². The third kappa shape index (κ3) is 5.83. The number of anilines is 1. The van der Waals surface area contributed by atoms with Crippen molar-refractivity contribution in [2.24, 2.45) is 9.98 Å². The molecule has 2 aromatic carbocycles. The zero-order valence-corrected chi connectivity index (χ0v) is 22.6. The first kappa shape index (κ1) is 26.2. The third-order valence-corrected chi connectivity index (χ3v) is 8.03. The van der Waals surface area contributed by atoms with Crippen molar-refractivity contribution in [3.8, 4) is 0 Å². The Bertz CT molecular complexity index is 1280. The van der Waals surface area contributed by atoms with Crippen molar-refractivity contribution in [3.63, 3.8) is 0 Å². The van der Waals surface area contributed by atoms with Crippen LogP contribution in [0.5, 0.6) is 0 Å². The third-order valence-electron chi connectivity index (χ3n) is 7.09. The molecule has 0 spiro atoms. The van der Waals surface area contributed by atoms with Gasteiger partial charge in [-0.05, 0) is 48.6 Å². The van der Waals surface area contributed by atoms with Crippen LogP contribution in [-0.2, 0) is 14.4 Å². The Labute approximate surface area is 227 Å². The van der Waals surface area contributed by atoms with E-state index < -0.39 is 6.04 Å². The minimum Gasteiger partial charge on any atom is -0.353 e. The van der Waals surface area contributed by atoms with Crippen LogP contribution in [0.15, 0.2) is 58.5 Å². The number of benzene rings is 2. The maximum Gasteiger partial charge on any atom is 0.259 e. The van der Waals surface area contributed by atoms with Crippen LogP contribution in [-0.4, -0.2) is 51.5 Å². The normalized spacial score (nSPS) is 19.0. The maximum atomic E-state index is 13.4. The first-order valence-corrected chi connectivity index (χ1v) is 14.3. The highest BCUT2D eigenvalue weighted by molar-refractivity contribution is 8.14. The molecule has 0 saturated heterocycles. The molecule has 0 bridgehead atoms. The van der Waals surface area contributed by atoms with Crippen LogP contribution >= 0.6 is 11.8 Å². The molecule has 1 fully saturated rings. The Morgan fingerprint density at radius 3 is 2.50 bits per heavy atom. The molecule has 2 N–H and O–H groups in total. The number of amidine groups is 2. The number of carbonyl (C=O) groups is 3. The summed E-state index contributed by atoms with van der Waals surface area (Å²) in [4.78, 5) is 49.7. The van der Waals surface area contributed by atoms with E-state index in [4.69, 9.17) is 0 Å². The number of hydrogen-bond acceptors (Lipinski definition) is 6. The zero-order valence-electron chi connectivity index (χ0n) is 21.8. The number of amides is 3. The van der Waals surface area contributed by atoms with Gasteiger partial charge in [-0.1, -0.05) is 69.1 Å². The predicted molar refractivity (Wildman–Crippen MR) is 152 cm³/mol. The number of rotatable bonds is 7. The van der Waals surface area contributed by atoms with E-state index in [-0.39, 0.29) is 35.9 Å². The summed E-state index contributed by atoms with van der Waals surface area (Å²) in [6.45, 7) is 4.25. The second-order valence-electron chi connectivity index (χ2n) is 10.3. The molecule has 2 heterocycles. The molecule has 1 atom stereocenters. The highest BCUT2D eigenvalue weighted by Gasteiger charge is 2.42. The van der Waals surface area contributed by atoms with Crippen molar-refractivity contribution in [2.45, 2.75) is 70.4 Å². The molecular weight excluding hydrogens is 498 g/mol. The van der Waals surface area contributed by atoms with Crippen molar-refractivity contribution in [2.75, 3.05) is 11.1 Å². The lowest BCUT2D eigenvalue weighted by Gasteiger charge is -2.25. The molecule has 5 rings (SSSR count). The van der Waals surface area contributed by atoms with Gasteiger partial charge in [-0.3, -0.25) is 19.4 Å². The molecule has 38 heavy (non-hydrogen) atoms. The van der Waals surface area contributed by atoms with E-state index >= 15 is 0 Å². The summed E-state index contributed by atoms with van der Waals surface area (Å²) < 4.78 is 0. The highest BCUT2D eigenvalue weighted by Crippen LogP contribution is 2.34. The second-order valence-corrected chi connectivity index (χ2v) is 11.2. The molecule has 2 aromatic rings. The fourth-order valence-electron chi connectivity index (χ4n) is 5.02. The van der Waals surface area contributed by atoms with Crippen molar-refractivity contribution < 1.29 is 14.4 Å². The van der Waals surface area contributed by atoms with Crippen LogP contribution in [0.4, 0.5) is 11.4 Å². The Hall–Kier alpha value is -3.46. The summed E-state index contributed by atoms with van der Waals surface area (Å²) in [5, 5.41) is 6.39. The summed E-state index contributed by atoms with van der Waals surface area (Å²) in [6, 6.07) is 14.7. The topological polar surface area (TPSA) is 103 Å². The van der Waals surface area contributed by atoms with Gasteiger partial charge in [0.15, 0.2) is 5.17 Å². The number of nitrogens with one attached hydrogen (secondary N) is 2. The van der Waals surface area contributed by atoms with Crippen LogP contribution < -0.4 is 10.6 Å². The number of aliphatic imine (C=N–C) groups is 2. The lowest BCUT2D eigenvalue weighted by atomic mass is 9.95. The van der Waals surface area contributed by atoms with Gasteiger partial charge in [0.05, 0.1) is 17.9 Å². The Morgan fingerprint density at radius 1 is 1.03 bits per heavy atom. The molecule has 0 aromatic heterocycles. The van der Waals surface area contributed by atoms with E-state index in [1.54, 1.807) is 0 Å². The van der Waals surface area contributed by atoms with Crippen molar-refractivity contribution in [3.05, 3.63) is 59.7 Å². The Balaban J connectivity index is 1.27. The fraction of sp³-hybridized carbons (Fsp3) is 0.414. The zero-order chi connectivity index (χ0) is 26.6. The maximum absolute atomic E-state index is 13.4.